The number of nitrogens with one attached hydrogen (secondary N) is 2. The summed E-state index contributed by atoms with van der Waals surface area (Å²) >= 11 is 0. The van der Waals surface area contributed by atoms with Crippen molar-refractivity contribution in [3.8, 4) is 11.5 Å². The summed E-state index contributed by atoms with van der Waals surface area (Å²) in [6.45, 7) is 1.06. The van der Waals surface area contributed by atoms with E-state index < -0.39 is 0 Å². The number of nitrogens with zero attached hydrogens (tertiary/aromatic N) is 1. The van der Waals surface area contributed by atoms with Gasteiger partial charge in [-0.1, -0.05) is 6.42 Å². The Morgan fingerprint density at radius 1 is 1.16 bits per heavy atom. The van der Waals surface area contributed by atoms with Gasteiger partial charge in [0.05, 0.1) is 31.3 Å². The lowest BCUT2D eigenvalue weighted by molar-refractivity contribution is 0.356. The molecule has 1 aliphatic rings. The van der Waals surface area contributed by atoms with Crippen molar-refractivity contribution in [2.75, 3.05) is 20.8 Å². The molecule has 0 bridgehead atoms. The van der Waals surface area contributed by atoms with Crippen LogP contribution in [0.2, 0.25) is 0 Å². The van der Waals surface area contributed by atoms with Gasteiger partial charge in [0.2, 0.25) is 0 Å². The molecule has 0 radical (unpaired) electrons. The number of imidazole rings is 1. The van der Waals surface area contributed by atoms with E-state index in [1.165, 1.54) is 12.8 Å². The second-order valence-electron chi connectivity index (χ2n) is 4.85. The van der Waals surface area contributed by atoms with Crippen LogP contribution in [0.4, 0.5) is 0 Å². The Balaban J connectivity index is 1.99. The molecule has 1 aromatic heterocycles. The number of hydrogen-bond acceptors (Lipinski definition) is 4. The minimum absolute atomic E-state index is 0.332. The molecule has 1 aliphatic heterocycles. The Morgan fingerprint density at radius 3 is 2.63 bits per heavy atom. The summed E-state index contributed by atoms with van der Waals surface area (Å²) in [4.78, 5) is 8.05. The van der Waals surface area contributed by atoms with Crippen molar-refractivity contribution in [1.82, 2.24) is 15.3 Å². The van der Waals surface area contributed by atoms with Crippen LogP contribution in [0.5, 0.6) is 11.5 Å². The number of methoxy groups -OCH3 is 2. The third-order valence-corrected chi connectivity index (χ3v) is 3.65. The maximum absolute atomic E-state index is 5.31. The number of aromatic nitrogens is 2. The third kappa shape index (κ3) is 2.26. The highest BCUT2D eigenvalue weighted by Crippen LogP contribution is 2.32. The minimum atomic E-state index is 0.332. The highest BCUT2D eigenvalue weighted by molar-refractivity contribution is 5.79. The largest absolute Gasteiger partial charge is 0.493 e. The third-order valence-electron chi connectivity index (χ3n) is 3.65. The second-order valence-corrected chi connectivity index (χ2v) is 4.85. The van der Waals surface area contributed by atoms with Gasteiger partial charge >= 0.3 is 0 Å². The lowest BCUT2D eigenvalue weighted by atomic mass is 10.0. The van der Waals surface area contributed by atoms with Crippen LogP contribution >= 0.6 is 0 Å². The average molecular weight is 261 g/mol. The number of aromatic amines is 1. The molecule has 5 heteroatoms. The van der Waals surface area contributed by atoms with Gasteiger partial charge in [-0.15, -0.1) is 0 Å². The first-order valence-electron chi connectivity index (χ1n) is 6.67. The molecule has 3 rings (SSSR count). The van der Waals surface area contributed by atoms with E-state index in [1.54, 1.807) is 14.2 Å². The molecule has 0 aliphatic carbocycles. The first-order chi connectivity index (χ1) is 9.31. The smallest absolute Gasteiger partial charge is 0.163 e. The van der Waals surface area contributed by atoms with Crippen molar-refractivity contribution in [2.45, 2.75) is 25.3 Å². The Labute approximate surface area is 112 Å². The summed E-state index contributed by atoms with van der Waals surface area (Å²) in [5.41, 5.74) is 1.90. The lowest BCUT2D eigenvalue weighted by Gasteiger charge is -2.21. The van der Waals surface area contributed by atoms with E-state index in [0.29, 0.717) is 11.8 Å². The summed E-state index contributed by atoms with van der Waals surface area (Å²) in [6.07, 6.45) is 3.63. The van der Waals surface area contributed by atoms with Crippen molar-refractivity contribution < 1.29 is 9.47 Å². The van der Waals surface area contributed by atoms with Gasteiger partial charge in [-0.05, 0) is 19.4 Å². The van der Waals surface area contributed by atoms with Crippen LogP contribution in [0.1, 0.15) is 31.1 Å². The molecule has 19 heavy (non-hydrogen) atoms. The van der Waals surface area contributed by atoms with Crippen LogP contribution in [-0.2, 0) is 0 Å². The topological polar surface area (TPSA) is 59.2 Å². The summed E-state index contributed by atoms with van der Waals surface area (Å²) < 4.78 is 10.6. The van der Waals surface area contributed by atoms with E-state index in [-0.39, 0.29) is 0 Å². The maximum Gasteiger partial charge on any atom is 0.163 e. The summed E-state index contributed by atoms with van der Waals surface area (Å²) in [5.74, 6) is 2.44. The predicted molar refractivity (Wildman–Crippen MR) is 73.8 cm³/mol. The van der Waals surface area contributed by atoms with Crippen molar-refractivity contribution in [3.63, 3.8) is 0 Å². The van der Waals surface area contributed by atoms with Gasteiger partial charge in [0, 0.05) is 12.1 Å². The average Bonchev–Trinajstić information content (AvgIpc) is 2.89. The molecule has 2 N–H and O–H groups in total. The number of benzene rings is 1. The molecule has 0 amide bonds. The number of piperidine rings is 1. The molecule has 2 aromatic rings. The molecule has 1 fully saturated rings. The first kappa shape index (κ1) is 12.3. The first-order valence-corrected chi connectivity index (χ1v) is 6.67. The summed E-state index contributed by atoms with van der Waals surface area (Å²) in [6, 6.07) is 4.18. The van der Waals surface area contributed by atoms with Crippen LogP contribution in [0.25, 0.3) is 11.0 Å². The number of fused-ring (bicyclic) bond motifs is 1. The second kappa shape index (κ2) is 5.09. The van der Waals surface area contributed by atoms with Crippen LogP contribution < -0.4 is 14.8 Å². The van der Waals surface area contributed by atoms with E-state index in [9.17, 15) is 0 Å². The van der Waals surface area contributed by atoms with Gasteiger partial charge in [0.25, 0.3) is 0 Å². The molecule has 1 atom stereocenters. The Bertz CT molecular complexity index is 532. The molecule has 2 heterocycles. The van der Waals surface area contributed by atoms with Crippen LogP contribution in [-0.4, -0.2) is 30.7 Å². The van der Waals surface area contributed by atoms with Crippen molar-refractivity contribution >= 4 is 11.0 Å². The van der Waals surface area contributed by atoms with Crippen LogP contribution in [0, 0.1) is 0 Å². The number of H-pyrrole nitrogens is 1. The Hall–Kier alpha value is -1.75. The fourth-order valence-electron chi connectivity index (χ4n) is 2.61. The highest BCUT2D eigenvalue weighted by atomic mass is 16.5. The van der Waals surface area contributed by atoms with Gasteiger partial charge in [0.15, 0.2) is 11.5 Å². The Kier molecular flexibility index (Phi) is 3.29. The van der Waals surface area contributed by atoms with Gasteiger partial charge in [-0.25, -0.2) is 4.98 Å². The molecule has 102 valence electrons. The van der Waals surface area contributed by atoms with Crippen molar-refractivity contribution in [2.24, 2.45) is 0 Å². The van der Waals surface area contributed by atoms with Crippen molar-refractivity contribution in [3.05, 3.63) is 18.0 Å². The molecule has 5 nitrogen and oxygen atoms in total. The summed E-state index contributed by atoms with van der Waals surface area (Å²) in [7, 11) is 3.28. The van der Waals surface area contributed by atoms with Crippen molar-refractivity contribution in [1.29, 1.82) is 0 Å². The SMILES string of the molecule is COc1cc2nc(C3CCCCN3)[nH]c2cc1OC. The molecular weight excluding hydrogens is 242 g/mol. The lowest BCUT2D eigenvalue weighted by Crippen LogP contribution is -2.27. The molecule has 1 aromatic carbocycles. The highest BCUT2D eigenvalue weighted by Gasteiger charge is 2.19. The van der Waals surface area contributed by atoms with Gasteiger partial charge in [-0.3, -0.25) is 0 Å². The van der Waals surface area contributed by atoms with Crippen LogP contribution in [0.3, 0.4) is 0 Å². The molecule has 0 saturated carbocycles. The van der Waals surface area contributed by atoms with Gasteiger partial charge in [0.1, 0.15) is 5.82 Å². The normalized spacial score (nSPS) is 19.6. The summed E-state index contributed by atoms with van der Waals surface area (Å²) in [5, 5.41) is 3.50. The van der Waals surface area contributed by atoms with Crippen LogP contribution in [0.15, 0.2) is 12.1 Å². The predicted octanol–water partition coefficient (Wildman–Crippen LogP) is 2.39. The van der Waals surface area contributed by atoms with Gasteiger partial charge < -0.3 is 19.8 Å². The number of ether oxygens (including phenoxy) is 2. The fourth-order valence-corrected chi connectivity index (χ4v) is 2.61. The van der Waals surface area contributed by atoms with E-state index in [2.05, 4.69) is 15.3 Å². The zero-order valence-corrected chi connectivity index (χ0v) is 11.3. The minimum Gasteiger partial charge on any atom is -0.493 e. The number of hydrogen-bond donors (Lipinski definition) is 2. The molecule has 1 unspecified atom stereocenters. The zero-order chi connectivity index (χ0) is 13.2. The molecule has 0 spiro atoms. The fraction of sp³-hybridized carbons (Fsp3) is 0.500. The van der Waals surface area contributed by atoms with E-state index >= 15 is 0 Å². The maximum atomic E-state index is 5.31. The Morgan fingerprint density at radius 2 is 1.95 bits per heavy atom. The number of rotatable bonds is 3. The monoisotopic (exact) mass is 261 g/mol. The molecule has 1 saturated heterocycles. The van der Waals surface area contributed by atoms with E-state index in [4.69, 9.17) is 9.47 Å². The van der Waals surface area contributed by atoms with E-state index in [0.717, 1.165) is 35.6 Å². The zero-order valence-electron chi connectivity index (χ0n) is 11.3. The van der Waals surface area contributed by atoms with Gasteiger partial charge in [-0.2, -0.15) is 0 Å². The van der Waals surface area contributed by atoms with E-state index in [1.807, 2.05) is 12.1 Å². The molecular formula is C14H19N3O2. The standard InChI is InChI=1S/C14H19N3O2/c1-18-12-7-10-11(8-13(12)19-2)17-14(16-10)9-5-3-4-6-15-9/h7-9,15H,3-6H2,1-2H3,(H,16,17). The quantitative estimate of drug-likeness (QED) is 0.890.